The van der Waals surface area contributed by atoms with Crippen molar-refractivity contribution in [1.82, 2.24) is 0 Å². The van der Waals surface area contributed by atoms with E-state index in [1.54, 1.807) is 0 Å². The molecule has 2 aliphatic rings. The molecule has 0 aromatic heterocycles. The summed E-state index contributed by atoms with van der Waals surface area (Å²) in [7, 11) is 0. The minimum absolute atomic E-state index is 0.00309. The molecule has 5 heteroatoms. The van der Waals surface area contributed by atoms with E-state index in [4.69, 9.17) is 14.2 Å². The monoisotopic (exact) mass is 325 g/mol. The zero-order valence-corrected chi connectivity index (χ0v) is 13.5. The fraction of sp³-hybridized carbons (Fsp3) is 0.316. The molecule has 0 saturated heterocycles. The van der Waals surface area contributed by atoms with Crippen LogP contribution >= 0.6 is 0 Å². The summed E-state index contributed by atoms with van der Waals surface area (Å²) in [6.45, 7) is 2.95. The minimum Gasteiger partial charge on any atom is -0.493 e. The summed E-state index contributed by atoms with van der Waals surface area (Å²) in [6, 6.07) is 11.7. The molecular weight excluding hydrogens is 306 g/mol. The maximum absolute atomic E-state index is 12.2. The first-order valence-electron chi connectivity index (χ1n) is 8.21. The average molecular weight is 325 g/mol. The standard InChI is InChI=1S/C19H19NO4/c1-2-7-22-16-6-4-3-5-12(16)13-9-19(21)20-15-10-18-17(8-14(13)15)23-11-24-18/h3-6,8,10,13H,2,7,9,11H2,1H3,(H,20,21)/t13-/m0/s1. The van der Waals surface area contributed by atoms with Gasteiger partial charge in [0.25, 0.3) is 0 Å². The molecule has 0 radical (unpaired) electrons. The van der Waals surface area contributed by atoms with Crippen molar-refractivity contribution in [3.63, 3.8) is 0 Å². The van der Waals surface area contributed by atoms with Gasteiger partial charge in [0.05, 0.1) is 6.61 Å². The second kappa shape index (κ2) is 6.07. The zero-order chi connectivity index (χ0) is 16.5. The summed E-state index contributed by atoms with van der Waals surface area (Å²) in [6.07, 6.45) is 1.33. The number of ether oxygens (including phenoxy) is 3. The summed E-state index contributed by atoms with van der Waals surface area (Å²) in [5.41, 5.74) is 2.85. The summed E-state index contributed by atoms with van der Waals surface area (Å²) >= 11 is 0. The van der Waals surface area contributed by atoms with Crippen molar-refractivity contribution in [1.29, 1.82) is 0 Å². The highest BCUT2D eigenvalue weighted by atomic mass is 16.7. The molecule has 24 heavy (non-hydrogen) atoms. The lowest BCUT2D eigenvalue weighted by molar-refractivity contribution is -0.116. The molecule has 0 saturated carbocycles. The number of hydrogen-bond acceptors (Lipinski definition) is 4. The number of amides is 1. The van der Waals surface area contributed by atoms with E-state index in [2.05, 4.69) is 12.2 Å². The van der Waals surface area contributed by atoms with Crippen LogP contribution in [0.5, 0.6) is 17.2 Å². The number of rotatable bonds is 4. The first-order valence-corrected chi connectivity index (χ1v) is 8.21. The van der Waals surface area contributed by atoms with E-state index in [9.17, 15) is 4.79 Å². The predicted octanol–water partition coefficient (Wildman–Crippen LogP) is 3.68. The van der Waals surface area contributed by atoms with Gasteiger partial charge in [-0.2, -0.15) is 0 Å². The molecule has 0 spiro atoms. The van der Waals surface area contributed by atoms with Crippen LogP contribution < -0.4 is 19.5 Å². The maximum atomic E-state index is 12.2. The maximum Gasteiger partial charge on any atom is 0.231 e. The first-order chi connectivity index (χ1) is 11.8. The van der Waals surface area contributed by atoms with Crippen molar-refractivity contribution >= 4 is 11.6 Å². The average Bonchev–Trinajstić information content (AvgIpc) is 3.05. The number of para-hydroxylation sites is 1. The quantitative estimate of drug-likeness (QED) is 0.932. The van der Waals surface area contributed by atoms with Crippen LogP contribution in [0.2, 0.25) is 0 Å². The fourth-order valence-electron chi connectivity index (χ4n) is 3.24. The van der Waals surface area contributed by atoms with Crippen LogP contribution in [0.3, 0.4) is 0 Å². The van der Waals surface area contributed by atoms with Gasteiger partial charge in [-0.05, 0) is 24.1 Å². The Balaban J connectivity index is 1.79. The van der Waals surface area contributed by atoms with Crippen LogP contribution in [0, 0.1) is 0 Å². The van der Waals surface area contributed by atoms with E-state index in [-0.39, 0.29) is 18.6 Å². The SMILES string of the molecule is CCCOc1ccccc1[C@@H]1CC(=O)Nc2cc3c(cc21)OCO3. The molecule has 1 atom stereocenters. The molecule has 4 rings (SSSR count). The van der Waals surface area contributed by atoms with Crippen molar-refractivity contribution in [3.05, 3.63) is 47.5 Å². The normalized spacial score (nSPS) is 18.0. The molecule has 124 valence electrons. The molecule has 1 N–H and O–H groups in total. The number of fused-ring (bicyclic) bond motifs is 2. The topological polar surface area (TPSA) is 56.8 Å². The van der Waals surface area contributed by atoms with Gasteiger partial charge < -0.3 is 19.5 Å². The van der Waals surface area contributed by atoms with Crippen molar-refractivity contribution in [2.45, 2.75) is 25.7 Å². The van der Waals surface area contributed by atoms with E-state index in [1.165, 1.54) is 0 Å². The van der Waals surface area contributed by atoms with Gasteiger partial charge in [0.1, 0.15) is 5.75 Å². The molecule has 2 aromatic rings. The van der Waals surface area contributed by atoms with Gasteiger partial charge in [0.2, 0.25) is 12.7 Å². The van der Waals surface area contributed by atoms with Crippen molar-refractivity contribution in [2.24, 2.45) is 0 Å². The molecule has 0 bridgehead atoms. The fourth-order valence-corrected chi connectivity index (χ4v) is 3.24. The second-order valence-electron chi connectivity index (χ2n) is 5.98. The summed E-state index contributed by atoms with van der Waals surface area (Å²) in [5, 5.41) is 2.94. The Morgan fingerprint density at radius 1 is 1.17 bits per heavy atom. The van der Waals surface area contributed by atoms with Gasteiger partial charge in [0, 0.05) is 29.7 Å². The zero-order valence-electron chi connectivity index (χ0n) is 13.5. The molecule has 2 aromatic carbocycles. The molecular formula is C19H19NO4. The van der Waals surface area contributed by atoms with Crippen LogP contribution in [0.1, 0.15) is 36.8 Å². The van der Waals surface area contributed by atoms with E-state index >= 15 is 0 Å². The number of hydrogen-bond donors (Lipinski definition) is 1. The van der Waals surface area contributed by atoms with Crippen molar-refractivity contribution in [2.75, 3.05) is 18.7 Å². The van der Waals surface area contributed by atoms with Gasteiger partial charge in [-0.3, -0.25) is 4.79 Å². The molecule has 0 unspecified atom stereocenters. The van der Waals surface area contributed by atoms with Gasteiger partial charge in [-0.1, -0.05) is 25.1 Å². The predicted molar refractivity (Wildman–Crippen MR) is 89.9 cm³/mol. The second-order valence-corrected chi connectivity index (χ2v) is 5.98. The highest BCUT2D eigenvalue weighted by Gasteiger charge is 2.31. The summed E-state index contributed by atoms with van der Waals surface area (Å²) in [5.74, 6) is 2.17. The van der Waals surface area contributed by atoms with Gasteiger partial charge >= 0.3 is 0 Å². The molecule has 2 aliphatic heterocycles. The third kappa shape index (κ3) is 2.56. The van der Waals surface area contributed by atoms with Gasteiger partial charge in [-0.15, -0.1) is 0 Å². The van der Waals surface area contributed by atoms with E-state index in [1.807, 2.05) is 36.4 Å². The summed E-state index contributed by atoms with van der Waals surface area (Å²) in [4.78, 5) is 12.2. The Morgan fingerprint density at radius 2 is 1.96 bits per heavy atom. The molecule has 0 aliphatic carbocycles. The van der Waals surface area contributed by atoms with E-state index < -0.39 is 0 Å². The lowest BCUT2D eigenvalue weighted by Gasteiger charge is -2.27. The molecule has 5 nitrogen and oxygen atoms in total. The molecule has 1 amide bonds. The van der Waals surface area contributed by atoms with E-state index in [0.717, 1.165) is 34.7 Å². The largest absolute Gasteiger partial charge is 0.493 e. The molecule has 2 heterocycles. The van der Waals surface area contributed by atoms with Gasteiger partial charge in [0.15, 0.2) is 11.5 Å². The number of anilines is 1. The van der Waals surface area contributed by atoms with Crippen molar-refractivity contribution in [3.8, 4) is 17.2 Å². The van der Waals surface area contributed by atoms with E-state index in [0.29, 0.717) is 18.8 Å². The Hall–Kier alpha value is -2.69. The number of nitrogens with one attached hydrogen (secondary N) is 1. The van der Waals surface area contributed by atoms with Crippen LogP contribution in [0.25, 0.3) is 0 Å². The number of carbonyl (C=O) groups excluding carboxylic acids is 1. The molecule has 0 fully saturated rings. The first kappa shape index (κ1) is 14.9. The third-order valence-corrected chi connectivity index (χ3v) is 4.34. The Bertz CT molecular complexity index is 787. The van der Waals surface area contributed by atoms with Crippen LogP contribution in [0.15, 0.2) is 36.4 Å². The number of benzene rings is 2. The lowest BCUT2D eigenvalue weighted by atomic mass is 9.84. The Morgan fingerprint density at radius 3 is 2.79 bits per heavy atom. The van der Waals surface area contributed by atoms with Gasteiger partial charge in [-0.25, -0.2) is 0 Å². The smallest absolute Gasteiger partial charge is 0.231 e. The highest BCUT2D eigenvalue weighted by molar-refractivity contribution is 5.96. The lowest BCUT2D eigenvalue weighted by Crippen LogP contribution is -2.23. The highest BCUT2D eigenvalue weighted by Crippen LogP contribution is 2.46. The third-order valence-electron chi connectivity index (χ3n) is 4.34. The van der Waals surface area contributed by atoms with Crippen LogP contribution in [0.4, 0.5) is 5.69 Å². The Kier molecular flexibility index (Phi) is 3.76. The van der Waals surface area contributed by atoms with Crippen LogP contribution in [-0.4, -0.2) is 19.3 Å². The Labute approximate surface area is 140 Å². The summed E-state index contributed by atoms with van der Waals surface area (Å²) < 4.78 is 16.8. The number of carbonyl (C=O) groups is 1. The van der Waals surface area contributed by atoms with Crippen molar-refractivity contribution < 1.29 is 19.0 Å². The minimum atomic E-state index is -0.0590. The van der Waals surface area contributed by atoms with Crippen LogP contribution in [-0.2, 0) is 4.79 Å².